The first kappa shape index (κ1) is 17.7. The quantitative estimate of drug-likeness (QED) is 0.631. The van der Waals surface area contributed by atoms with E-state index in [0.717, 1.165) is 42.6 Å². The highest BCUT2D eigenvalue weighted by atomic mass is 79.9. The van der Waals surface area contributed by atoms with Gasteiger partial charge in [-0.1, -0.05) is 22.0 Å². The molecular formula is C21H24BrN3OS. The summed E-state index contributed by atoms with van der Waals surface area (Å²) in [6.07, 6.45) is 2.92. The summed E-state index contributed by atoms with van der Waals surface area (Å²) in [6.45, 7) is 6.66. The van der Waals surface area contributed by atoms with Gasteiger partial charge in [-0.05, 0) is 43.5 Å². The van der Waals surface area contributed by atoms with Gasteiger partial charge in [0.25, 0.3) is 0 Å². The maximum Gasteiger partial charge on any atom is 0.200 e. The molecule has 0 bridgehead atoms. The molecule has 0 saturated carbocycles. The Morgan fingerprint density at radius 2 is 2.07 bits per heavy atom. The van der Waals surface area contributed by atoms with E-state index in [2.05, 4.69) is 75.4 Å². The number of ether oxygens (including phenoxy) is 1. The molecule has 1 aromatic carbocycles. The summed E-state index contributed by atoms with van der Waals surface area (Å²) in [5.41, 5.74) is 2.12. The maximum atomic E-state index is 6.70. The number of rotatable bonds is 2. The van der Waals surface area contributed by atoms with E-state index in [4.69, 9.17) is 9.84 Å². The van der Waals surface area contributed by atoms with E-state index in [0.29, 0.717) is 6.04 Å². The van der Waals surface area contributed by atoms with Gasteiger partial charge in [0.2, 0.25) is 5.72 Å². The average molecular weight is 446 g/mol. The molecule has 6 heteroatoms. The minimum absolute atomic E-state index is 0.258. The molecule has 0 N–H and O–H groups in total. The molecular weight excluding hydrogens is 422 g/mol. The van der Waals surface area contributed by atoms with Crippen molar-refractivity contribution in [2.75, 3.05) is 13.1 Å². The third-order valence-corrected chi connectivity index (χ3v) is 7.49. The van der Waals surface area contributed by atoms with Crippen molar-refractivity contribution < 1.29 is 4.74 Å². The van der Waals surface area contributed by atoms with Crippen molar-refractivity contribution in [1.82, 2.24) is 9.91 Å². The van der Waals surface area contributed by atoms with Gasteiger partial charge in [-0.15, -0.1) is 11.3 Å². The molecule has 1 aromatic heterocycles. The standard InChI is InChI=1S/C21H24BrN3OS/c1-14(2)24-9-7-21(8-10-24)25-18(13-17(23-25)20-4-3-11-27-20)16-12-15(22)5-6-19(16)26-21/h3-6,11-12,14,18H,7-10,13H2,1-2H3. The lowest BCUT2D eigenvalue weighted by Gasteiger charge is -2.51. The van der Waals surface area contributed by atoms with Crippen molar-refractivity contribution >= 4 is 33.0 Å². The molecule has 2 aromatic rings. The Balaban J connectivity index is 1.55. The fourth-order valence-electron chi connectivity index (χ4n) is 4.56. The lowest BCUT2D eigenvalue weighted by atomic mass is 9.91. The summed E-state index contributed by atoms with van der Waals surface area (Å²) in [5.74, 6) is 1.03. The molecule has 1 saturated heterocycles. The van der Waals surface area contributed by atoms with Gasteiger partial charge in [0.15, 0.2) is 0 Å². The highest BCUT2D eigenvalue weighted by Gasteiger charge is 2.52. The van der Waals surface area contributed by atoms with Gasteiger partial charge in [0, 0.05) is 48.4 Å². The van der Waals surface area contributed by atoms with Gasteiger partial charge in [-0.25, -0.2) is 5.01 Å². The summed E-state index contributed by atoms with van der Waals surface area (Å²) in [6, 6.07) is 11.5. The Labute approximate surface area is 172 Å². The van der Waals surface area contributed by atoms with E-state index in [1.807, 2.05) is 0 Å². The van der Waals surface area contributed by atoms with Gasteiger partial charge in [0.1, 0.15) is 5.75 Å². The number of piperidine rings is 1. The molecule has 1 fully saturated rings. The first-order chi connectivity index (χ1) is 13.1. The Hall–Kier alpha value is -1.37. The number of nitrogens with zero attached hydrogens (tertiary/aromatic N) is 3. The molecule has 1 atom stereocenters. The second kappa shape index (κ2) is 6.61. The first-order valence-electron chi connectivity index (χ1n) is 9.69. The maximum absolute atomic E-state index is 6.70. The zero-order valence-corrected chi connectivity index (χ0v) is 18.1. The number of thiophene rings is 1. The van der Waals surface area contributed by atoms with Crippen LogP contribution >= 0.6 is 27.3 Å². The number of likely N-dealkylation sites (tertiary alicyclic amines) is 1. The lowest BCUT2D eigenvalue weighted by molar-refractivity contribution is -0.152. The van der Waals surface area contributed by atoms with Crippen LogP contribution < -0.4 is 4.74 Å². The number of hydrogen-bond acceptors (Lipinski definition) is 5. The summed E-state index contributed by atoms with van der Waals surface area (Å²) in [5, 5.41) is 9.56. The summed E-state index contributed by atoms with van der Waals surface area (Å²) in [4.78, 5) is 3.82. The highest BCUT2D eigenvalue weighted by Crippen LogP contribution is 2.50. The van der Waals surface area contributed by atoms with Crippen LogP contribution in [0.1, 0.15) is 49.6 Å². The van der Waals surface area contributed by atoms with Gasteiger partial charge in [-0.3, -0.25) is 0 Å². The SMILES string of the molecule is CC(C)N1CCC2(CC1)Oc1ccc(Br)cc1C1CC(c3cccs3)=NN12. The molecule has 1 unspecified atom stereocenters. The molecule has 3 aliphatic rings. The van der Waals surface area contributed by atoms with Crippen molar-refractivity contribution in [2.45, 2.75) is 50.9 Å². The fraction of sp³-hybridized carbons (Fsp3) is 0.476. The van der Waals surface area contributed by atoms with Crippen LogP contribution in [0.2, 0.25) is 0 Å². The van der Waals surface area contributed by atoms with E-state index in [1.54, 1.807) is 11.3 Å². The summed E-state index contributed by atoms with van der Waals surface area (Å²) in [7, 11) is 0. The van der Waals surface area contributed by atoms with Gasteiger partial charge in [-0.2, -0.15) is 5.10 Å². The van der Waals surface area contributed by atoms with Crippen LogP contribution in [-0.4, -0.2) is 40.5 Å². The van der Waals surface area contributed by atoms with Crippen LogP contribution in [0.15, 0.2) is 45.3 Å². The zero-order chi connectivity index (χ0) is 18.6. The molecule has 0 aliphatic carbocycles. The third kappa shape index (κ3) is 2.93. The molecule has 0 amide bonds. The topological polar surface area (TPSA) is 28.1 Å². The molecule has 4 heterocycles. The van der Waals surface area contributed by atoms with E-state index in [1.165, 1.54) is 16.2 Å². The smallest absolute Gasteiger partial charge is 0.200 e. The summed E-state index contributed by atoms with van der Waals surface area (Å²) >= 11 is 5.41. The normalized spacial score (nSPS) is 23.9. The predicted octanol–water partition coefficient (Wildman–Crippen LogP) is 5.25. The molecule has 27 heavy (non-hydrogen) atoms. The fourth-order valence-corrected chi connectivity index (χ4v) is 5.66. The predicted molar refractivity (Wildman–Crippen MR) is 113 cm³/mol. The van der Waals surface area contributed by atoms with E-state index >= 15 is 0 Å². The van der Waals surface area contributed by atoms with Crippen LogP contribution in [0.3, 0.4) is 0 Å². The number of halogens is 1. The van der Waals surface area contributed by atoms with Crippen LogP contribution in [0.5, 0.6) is 5.75 Å². The Morgan fingerprint density at radius 1 is 1.26 bits per heavy atom. The Bertz CT molecular complexity index is 872. The molecule has 3 aliphatic heterocycles. The first-order valence-corrected chi connectivity index (χ1v) is 11.4. The van der Waals surface area contributed by atoms with Gasteiger partial charge < -0.3 is 9.64 Å². The lowest BCUT2D eigenvalue weighted by Crippen LogP contribution is -2.59. The molecule has 142 valence electrons. The van der Waals surface area contributed by atoms with Crippen molar-refractivity contribution in [3.8, 4) is 5.75 Å². The van der Waals surface area contributed by atoms with Gasteiger partial charge >= 0.3 is 0 Å². The van der Waals surface area contributed by atoms with Crippen molar-refractivity contribution in [3.05, 3.63) is 50.6 Å². The van der Waals surface area contributed by atoms with Gasteiger partial charge in [0.05, 0.1) is 16.6 Å². The van der Waals surface area contributed by atoms with Crippen LogP contribution in [-0.2, 0) is 0 Å². The van der Waals surface area contributed by atoms with Crippen LogP contribution in [0.4, 0.5) is 0 Å². The van der Waals surface area contributed by atoms with E-state index < -0.39 is 0 Å². The highest BCUT2D eigenvalue weighted by molar-refractivity contribution is 9.10. The van der Waals surface area contributed by atoms with Crippen molar-refractivity contribution in [3.63, 3.8) is 0 Å². The Morgan fingerprint density at radius 3 is 2.78 bits per heavy atom. The molecule has 0 radical (unpaired) electrons. The number of hydrogen-bond donors (Lipinski definition) is 0. The monoisotopic (exact) mass is 445 g/mol. The minimum Gasteiger partial charge on any atom is -0.466 e. The molecule has 5 rings (SSSR count). The van der Waals surface area contributed by atoms with Crippen LogP contribution in [0.25, 0.3) is 0 Å². The van der Waals surface area contributed by atoms with Crippen molar-refractivity contribution in [2.24, 2.45) is 5.10 Å². The average Bonchev–Trinajstić information content (AvgIpc) is 3.33. The number of hydrazone groups is 1. The Kier molecular flexibility index (Phi) is 4.33. The second-order valence-corrected chi connectivity index (χ2v) is 9.81. The minimum atomic E-state index is -0.324. The number of benzene rings is 1. The van der Waals surface area contributed by atoms with Crippen LogP contribution in [0, 0.1) is 0 Å². The third-order valence-electron chi connectivity index (χ3n) is 6.07. The zero-order valence-electron chi connectivity index (χ0n) is 15.7. The van der Waals surface area contributed by atoms with E-state index in [-0.39, 0.29) is 11.8 Å². The molecule has 4 nitrogen and oxygen atoms in total. The van der Waals surface area contributed by atoms with E-state index in [9.17, 15) is 0 Å². The second-order valence-electron chi connectivity index (χ2n) is 7.95. The summed E-state index contributed by atoms with van der Waals surface area (Å²) < 4.78 is 7.79. The largest absolute Gasteiger partial charge is 0.466 e. The van der Waals surface area contributed by atoms with Crippen molar-refractivity contribution in [1.29, 1.82) is 0 Å². The number of fused-ring (bicyclic) bond motifs is 4. The molecule has 1 spiro atoms.